The monoisotopic (exact) mass is 364 g/mol. The van der Waals surface area contributed by atoms with Gasteiger partial charge in [0, 0.05) is 16.6 Å². The van der Waals surface area contributed by atoms with Crippen LogP contribution in [0, 0.1) is 0 Å². The van der Waals surface area contributed by atoms with Crippen LogP contribution < -0.4 is 5.32 Å². The minimum Gasteiger partial charge on any atom is -0.382 e. The Morgan fingerprint density at radius 2 is 2.04 bits per heavy atom. The van der Waals surface area contributed by atoms with Gasteiger partial charge in [0.05, 0.1) is 6.21 Å². The van der Waals surface area contributed by atoms with Crippen LogP contribution in [0.5, 0.6) is 0 Å². The predicted molar refractivity (Wildman–Crippen MR) is 97.5 cm³/mol. The molecule has 0 radical (unpaired) electrons. The van der Waals surface area contributed by atoms with Crippen molar-refractivity contribution in [1.82, 2.24) is 5.32 Å². The third-order valence-corrected chi connectivity index (χ3v) is 3.92. The molecule has 2 aromatic rings. The summed E-state index contributed by atoms with van der Waals surface area (Å²) in [6.45, 7) is 2.20. The number of oxime groups is 1. The van der Waals surface area contributed by atoms with Crippen molar-refractivity contribution in [2.75, 3.05) is 0 Å². The van der Waals surface area contributed by atoms with Gasteiger partial charge >= 0.3 is 0 Å². The van der Waals surface area contributed by atoms with E-state index in [-0.39, 0.29) is 5.91 Å². The zero-order chi connectivity index (χ0) is 17.4. The number of amides is 1. The Morgan fingerprint density at radius 1 is 1.25 bits per heavy atom. The Bertz CT molecular complexity index is 720. The molecule has 0 bridgehead atoms. The van der Waals surface area contributed by atoms with Gasteiger partial charge in [-0.05, 0) is 35.7 Å². The van der Waals surface area contributed by atoms with Crippen LogP contribution in [0.15, 0.2) is 53.7 Å². The minimum atomic E-state index is -0.664. The number of halogens is 2. The maximum absolute atomic E-state index is 12.2. The highest BCUT2D eigenvalue weighted by Crippen LogP contribution is 2.14. The molecule has 0 heterocycles. The summed E-state index contributed by atoms with van der Waals surface area (Å²) in [5.41, 5.74) is 1.65. The molecule has 0 saturated heterocycles. The van der Waals surface area contributed by atoms with Gasteiger partial charge in [0.15, 0.2) is 0 Å². The molecule has 2 rings (SSSR count). The first-order valence-electron chi connectivity index (χ1n) is 7.56. The fourth-order valence-electron chi connectivity index (χ4n) is 2.00. The highest BCUT2D eigenvalue weighted by atomic mass is 35.5. The number of carbonyl (C=O) groups is 1. The molecule has 0 fully saturated rings. The average Bonchev–Trinajstić information content (AvgIpc) is 2.58. The molecule has 1 amide bonds. The van der Waals surface area contributed by atoms with Crippen LogP contribution in [0.3, 0.4) is 0 Å². The molecule has 0 aromatic heterocycles. The lowest BCUT2D eigenvalue weighted by molar-refractivity contribution is -0.133. The maximum atomic E-state index is 12.2. The standard InChI is InChI=1S/C18H18Cl2N2O2/c1-2-17(24-22-11-13-6-5-8-15(19)10-13)18(23)21-12-14-7-3-4-9-16(14)20/h3-11,17H,2,12H2,1H3,(H,21,23). The second kappa shape index (κ2) is 9.30. The summed E-state index contributed by atoms with van der Waals surface area (Å²) in [5, 5.41) is 7.91. The van der Waals surface area contributed by atoms with Crippen molar-refractivity contribution in [3.05, 3.63) is 69.7 Å². The number of nitrogens with one attached hydrogen (secondary N) is 1. The third-order valence-electron chi connectivity index (χ3n) is 3.31. The summed E-state index contributed by atoms with van der Waals surface area (Å²) in [5.74, 6) is -0.235. The molecule has 0 saturated carbocycles. The lowest BCUT2D eigenvalue weighted by Crippen LogP contribution is -2.34. The Balaban J connectivity index is 1.88. The quantitative estimate of drug-likeness (QED) is 0.583. The van der Waals surface area contributed by atoms with E-state index in [1.165, 1.54) is 6.21 Å². The normalized spacial score (nSPS) is 12.1. The summed E-state index contributed by atoms with van der Waals surface area (Å²) < 4.78 is 0. The summed E-state index contributed by atoms with van der Waals surface area (Å²) in [7, 11) is 0. The van der Waals surface area contributed by atoms with Gasteiger partial charge in [-0.3, -0.25) is 4.79 Å². The van der Waals surface area contributed by atoms with Crippen molar-refractivity contribution in [2.24, 2.45) is 5.16 Å². The van der Waals surface area contributed by atoms with E-state index in [1.54, 1.807) is 18.2 Å². The first kappa shape index (κ1) is 18.3. The molecule has 6 heteroatoms. The van der Waals surface area contributed by atoms with E-state index < -0.39 is 6.10 Å². The highest BCUT2D eigenvalue weighted by Gasteiger charge is 2.17. The van der Waals surface area contributed by atoms with Crippen LogP contribution in [0.2, 0.25) is 10.0 Å². The van der Waals surface area contributed by atoms with Crippen molar-refractivity contribution >= 4 is 35.3 Å². The van der Waals surface area contributed by atoms with E-state index in [4.69, 9.17) is 28.0 Å². The van der Waals surface area contributed by atoms with Crippen molar-refractivity contribution < 1.29 is 9.63 Å². The van der Waals surface area contributed by atoms with Crippen molar-refractivity contribution in [1.29, 1.82) is 0 Å². The Kier molecular flexibility index (Phi) is 7.09. The van der Waals surface area contributed by atoms with Gasteiger partial charge < -0.3 is 10.2 Å². The van der Waals surface area contributed by atoms with Gasteiger partial charge in [0.25, 0.3) is 5.91 Å². The number of rotatable bonds is 7. The van der Waals surface area contributed by atoms with Crippen molar-refractivity contribution in [3.8, 4) is 0 Å². The fourth-order valence-corrected chi connectivity index (χ4v) is 2.40. The fraction of sp³-hybridized carbons (Fsp3) is 0.222. The van der Waals surface area contributed by atoms with E-state index in [2.05, 4.69) is 10.5 Å². The molecule has 1 N–H and O–H groups in total. The molecule has 1 unspecified atom stereocenters. The zero-order valence-corrected chi connectivity index (χ0v) is 14.7. The number of hydrogen-bond acceptors (Lipinski definition) is 3. The molecule has 126 valence electrons. The Hall–Kier alpha value is -2.04. The topological polar surface area (TPSA) is 50.7 Å². The molecule has 2 aromatic carbocycles. The van der Waals surface area contributed by atoms with E-state index in [9.17, 15) is 4.79 Å². The van der Waals surface area contributed by atoms with Crippen LogP contribution in [-0.4, -0.2) is 18.2 Å². The molecule has 1 atom stereocenters. The van der Waals surface area contributed by atoms with Gasteiger partial charge in [0.1, 0.15) is 0 Å². The second-order valence-corrected chi connectivity index (χ2v) is 5.94. The molecule has 0 aliphatic heterocycles. The average molecular weight is 365 g/mol. The van der Waals surface area contributed by atoms with Crippen molar-refractivity contribution in [3.63, 3.8) is 0 Å². The van der Waals surface area contributed by atoms with Crippen LogP contribution >= 0.6 is 23.2 Å². The second-order valence-electron chi connectivity index (χ2n) is 5.10. The lowest BCUT2D eigenvalue weighted by atomic mass is 10.2. The largest absolute Gasteiger partial charge is 0.382 e. The van der Waals surface area contributed by atoms with Crippen LogP contribution in [0.1, 0.15) is 24.5 Å². The van der Waals surface area contributed by atoms with E-state index in [0.717, 1.165) is 11.1 Å². The zero-order valence-electron chi connectivity index (χ0n) is 13.2. The molecule has 0 spiro atoms. The predicted octanol–water partition coefficient (Wildman–Crippen LogP) is 4.44. The molecule has 0 aliphatic carbocycles. The third kappa shape index (κ3) is 5.55. The number of benzene rings is 2. The smallest absolute Gasteiger partial charge is 0.264 e. The first-order chi connectivity index (χ1) is 11.6. The summed E-state index contributed by atoms with van der Waals surface area (Å²) in [6, 6.07) is 14.6. The highest BCUT2D eigenvalue weighted by molar-refractivity contribution is 6.31. The molecule has 0 aliphatic rings. The van der Waals surface area contributed by atoms with Crippen molar-refractivity contribution in [2.45, 2.75) is 26.0 Å². The molecule has 24 heavy (non-hydrogen) atoms. The lowest BCUT2D eigenvalue weighted by Gasteiger charge is -2.13. The first-order valence-corrected chi connectivity index (χ1v) is 8.31. The Morgan fingerprint density at radius 3 is 2.75 bits per heavy atom. The number of nitrogens with zero attached hydrogens (tertiary/aromatic N) is 1. The van der Waals surface area contributed by atoms with Gasteiger partial charge in [-0.2, -0.15) is 0 Å². The molecule has 4 nitrogen and oxygen atoms in total. The van der Waals surface area contributed by atoms with Crippen LogP contribution in [-0.2, 0) is 16.2 Å². The van der Waals surface area contributed by atoms with Gasteiger partial charge in [-0.25, -0.2) is 0 Å². The molecular weight excluding hydrogens is 347 g/mol. The maximum Gasteiger partial charge on any atom is 0.264 e. The van der Waals surface area contributed by atoms with E-state index in [1.807, 2.05) is 37.3 Å². The summed E-state index contributed by atoms with van der Waals surface area (Å²) >= 11 is 12.0. The summed E-state index contributed by atoms with van der Waals surface area (Å²) in [4.78, 5) is 17.5. The van der Waals surface area contributed by atoms with Gasteiger partial charge in [-0.15, -0.1) is 0 Å². The molecular formula is C18H18Cl2N2O2. The SMILES string of the molecule is CCC(ON=Cc1cccc(Cl)c1)C(=O)NCc1ccccc1Cl. The van der Waals surface area contributed by atoms with Gasteiger partial charge in [-0.1, -0.05) is 65.6 Å². The van der Waals surface area contributed by atoms with Crippen LogP contribution in [0.25, 0.3) is 0 Å². The Labute approximate surface area is 151 Å². The number of hydrogen-bond donors (Lipinski definition) is 1. The van der Waals surface area contributed by atoms with E-state index in [0.29, 0.717) is 23.0 Å². The minimum absolute atomic E-state index is 0.235. The van der Waals surface area contributed by atoms with E-state index >= 15 is 0 Å². The summed E-state index contributed by atoms with van der Waals surface area (Å²) in [6.07, 6.45) is 1.36. The number of carbonyl (C=O) groups excluding carboxylic acids is 1. The van der Waals surface area contributed by atoms with Gasteiger partial charge in [0.2, 0.25) is 6.10 Å². The van der Waals surface area contributed by atoms with Crippen LogP contribution in [0.4, 0.5) is 0 Å².